The van der Waals surface area contributed by atoms with E-state index in [1.807, 2.05) is 0 Å². The molecule has 6 atom stereocenters. The fourth-order valence-corrected chi connectivity index (χ4v) is 11.4. The van der Waals surface area contributed by atoms with Gasteiger partial charge in [-0.3, -0.25) is 37.3 Å². The molecule has 0 aromatic carbocycles. The van der Waals surface area contributed by atoms with Gasteiger partial charge in [0.2, 0.25) is 0 Å². The van der Waals surface area contributed by atoms with Crippen molar-refractivity contribution >= 4 is 39.5 Å². The molecule has 0 radical (unpaired) electrons. The van der Waals surface area contributed by atoms with Gasteiger partial charge in [-0.05, 0) is 37.5 Å². The number of phosphoric ester groups is 2. The Kier molecular flexibility index (Phi) is 57.1. The first kappa shape index (κ1) is 83.1. The van der Waals surface area contributed by atoms with Gasteiger partial charge in [0, 0.05) is 25.7 Å². The van der Waals surface area contributed by atoms with Crippen molar-refractivity contribution in [3.8, 4) is 0 Å². The number of hydrogen-bond donors (Lipinski definition) is 3. The smallest absolute Gasteiger partial charge is 0.462 e. The van der Waals surface area contributed by atoms with Gasteiger partial charge >= 0.3 is 39.5 Å². The summed E-state index contributed by atoms with van der Waals surface area (Å²) in [6, 6.07) is 0. The lowest BCUT2D eigenvalue weighted by Gasteiger charge is -2.21. The van der Waals surface area contributed by atoms with Gasteiger partial charge in [0.15, 0.2) is 12.2 Å². The number of aliphatic hydroxyl groups is 1. The predicted molar refractivity (Wildman–Crippen MR) is 340 cm³/mol. The second-order valence-corrected chi connectivity index (χ2v) is 27.5. The molecule has 0 aromatic heterocycles. The molecular formula is C66H128O17P2. The molecule has 17 nitrogen and oxygen atoms in total. The lowest BCUT2D eigenvalue weighted by atomic mass is 10.00. The second-order valence-electron chi connectivity index (χ2n) is 24.6. The Morgan fingerprint density at radius 2 is 0.600 bits per heavy atom. The number of ether oxygens (including phenoxy) is 4. The van der Waals surface area contributed by atoms with Crippen LogP contribution in [0.1, 0.15) is 330 Å². The van der Waals surface area contributed by atoms with E-state index in [1.165, 1.54) is 141 Å². The maximum atomic E-state index is 13.0. The van der Waals surface area contributed by atoms with Crippen LogP contribution in [0, 0.1) is 11.8 Å². The highest BCUT2D eigenvalue weighted by atomic mass is 31.2. The van der Waals surface area contributed by atoms with Crippen LogP contribution in [0.5, 0.6) is 0 Å². The summed E-state index contributed by atoms with van der Waals surface area (Å²) in [7, 11) is -9.89. The highest BCUT2D eigenvalue weighted by molar-refractivity contribution is 7.47. The predicted octanol–water partition coefficient (Wildman–Crippen LogP) is 18.4. The van der Waals surface area contributed by atoms with E-state index in [4.69, 9.17) is 37.0 Å². The lowest BCUT2D eigenvalue weighted by molar-refractivity contribution is -0.161. The Morgan fingerprint density at radius 3 is 0.894 bits per heavy atom. The zero-order chi connectivity index (χ0) is 62.9. The largest absolute Gasteiger partial charge is 0.472 e. The maximum Gasteiger partial charge on any atom is 0.472 e. The van der Waals surface area contributed by atoms with Crippen LogP contribution in [0.2, 0.25) is 0 Å². The molecule has 0 aliphatic carbocycles. The monoisotopic (exact) mass is 1250 g/mol. The van der Waals surface area contributed by atoms with Crippen molar-refractivity contribution in [3.05, 3.63) is 0 Å². The molecule has 3 N–H and O–H groups in total. The molecule has 3 unspecified atom stereocenters. The van der Waals surface area contributed by atoms with Crippen molar-refractivity contribution < 1.29 is 80.2 Å². The number of unbranched alkanes of at least 4 members (excludes halogenated alkanes) is 34. The second kappa shape index (κ2) is 58.4. The highest BCUT2D eigenvalue weighted by Crippen LogP contribution is 2.45. The van der Waals surface area contributed by atoms with Crippen LogP contribution < -0.4 is 0 Å². The van der Waals surface area contributed by atoms with Gasteiger partial charge in [-0.25, -0.2) is 9.13 Å². The van der Waals surface area contributed by atoms with E-state index in [2.05, 4.69) is 41.5 Å². The zero-order valence-corrected chi connectivity index (χ0v) is 56.7. The van der Waals surface area contributed by atoms with Gasteiger partial charge in [-0.2, -0.15) is 0 Å². The first-order valence-corrected chi connectivity index (χ1v) is 37.5. The van der Waals surface area contributed by atoms with E-state index in [9.17, 15) is 43.2 Å². The quantitative estimate of drug-likeness (QED) is 0.0222. The van der Waals surface area contributed by atoms with Crippen molar-refractivity contribution in [3.63, 3.8) is 0 Å². The Balaban J connectivity index is 5.24. The molecule has 504 valence electrons. The molecule has 0 aliphatic heterocycles. The number of carbonyl (C=O) groups excluding carboxylic acids is 4. The molecule has 0 amide bonds. The van der Waals surface area contributed by atoms with E-state index >= 15 is 0 Å². The van der Waals surface area contributed by atoms with E-state index in [-0.39, 0.29) is 25.7 Å². The van der Waals surface area contributed by atoms with Crippen LogP contribution in [0.15, 0.2) is 0 Å². The first-order valence-electron chi connectivity index (χ1n) is 34.5. The third-order valence-electron chi connectivity index (χ3n) is 15.6. The van der Waals surface area contributed by atoms with Crippen LogP contribution in [-0.2, 0) is 65.4 Å². The van der Waals surface area contributed by atoms with E-state index in [1.54, 1.807) is 0 Å². The summed E-state index contributed by atoms with van der Waals surface area (Å²) in [5, 5.41) is 10.5. The van der Waals surface area contributed by atoms with Crippen LogP contribution in [-0.4, -0.2) is 96.7 Å². The lowest BCUT2D eigenvalue weighted by Crippen LogP contribution is -2.30. The van der Waals surface area contributed by atoms with Crippen molar-refractivity contribution in [2.24, 2.45) is 11.8 Å². The van der Waals surface area contributed by atoms with Crippen LogP contribution in [0.3, 0.4) is 0 Å². The van der Waals surface area contributed by atoms with Crippen LogP contribution in [0.4, 0.5) is 0 Å². The number of rotatable bonds is 65. The summed E-state index contributed by atoms with van der Waals surface area (Å²) in [6.45, 7) is 9.38. The average Bonchev–Trinajstić information content (AvgIpc) is 3.61. The standard InChI is InChI=1S/C66H128O17P2/c1-7-10-12-14-16-18-20-22-24-26-28-36-42-48-63(68)76-54-61(82-65(70)50-44-38-29-27-25-23-21-19-17-15-13-11-8-2)56-80-84(72,73)78-52-60(67)53-79-85(74,75)81-57-62(55-77-64(69)49-43-37-32-30-34-40-46-58(4)5)83-66(71)51-45-39-33-31-35-41-47-59(6)9-3/h58-62,67H,7-57H2,1-6H3,(H,72,73)(H,74,75)/t59?,60-,61-,62-/m1/s1. The molecule has 0 aromatic rings. The zero-order valence-electron chi connectivity index (χ0n) is 54.9. The first-order chi connectivity index (χ1) is 40.9. The van der Waals surface area contributed by atoms with Crippen molar-refractivity contribution in [2.45, 2.75) is 349 Å². The molecule has 0 rings (SSSR count). The summed E-state index contributed by atoms with van der Waals surface area (Å²) < 4.78 is 68.1. The minimum Gasteiger partial charge on any atom is -0.462 e. The highest BCUT2D eigenvalue weighted by Gasteiger charge is 2.30. The van der Waals surface area contributed by atoms with Gasteiger partial charge in [-0.1, -0.05) is 279 Å². The summed E-state index contributed by atoms with van der Waals surface area (Å²) in [5.41, 5.74) is 0. The number of phosphoric acid groups is 2. The molecule has 19 heteroatoms. The molecule has 85 heavy (non-hydrogen) atoms. The van der Waals surface area contributed by atoms with Crippen molar-refractivity contribution in [1.29, 1.82) is 0 Å². The third kappa shape index (κ3) is 59.5. The van der Waals surface area contributed by atoms with Gasteiger partial charge in [0.05, 0.1) is 26.4 Å². The number of esters is 4. The molecule has 0 bridgehead atoms. The van der Waals surface area contributed by atoms with Gasteiger partial charge < -0.3 is 33.8 Å². The minimum atomic E-state index is -4.95. The topological polar surface area (TPSA) is 237 Å². The van der Waals surface area contributed by atoms with Crippen LogP contribution in [0.25, 0.3) is 0 Å². The maximum absolute atomic E-state index is 13.0. The van der Waals surface area contributed by atoms with Gasteiger partial charge in [-0.15, -0.1) is 0 Å². The summed E-state index contributed by atoms with van der Waals surface area (Å²) >= 11 is 0. The molecule has 0 aliphatic rings. The molecule has 0 spiro atoms. The van der Waals surface area contributed by atoms with Crippen molar-refractivity contribution in [1.82, 2.24) is 0 Å². The molecule has 0 saturated heterocycles. The summed E-state index contributed by atoms with van der Waals surface area (Å²) in [5.74, 6) is -0.733. The molecular weight excluding hydrogens is 1130 g/mol. The summed E-state index contributed by atoms with van der Waals surface area (Å²) in [4.78, 5) is 72.3. The van der Waals surface area contributed by atoms with E-state index in [0.29, 0.717) is 31.6 Å². The molecule has 0 heterocycles. The van der Waals surface area contributed by atoms with E-state index < -0.39 is 97.5 Å². The molecule has 0 fully saturated rings. The average molecular weight is 1260 g/mol. The fraction of sp³-hybridized carbons (Fsp3) is 0.939. The Morgan fingerprint density at radius 1 is 0.341 bits per heavy atom. The van der Waals surface area contributed by atoms with Gasteiger partial charge in [0.1, 0.15) is 19.3 Å². The Labute approximate surface area is 517 Å². The fourth-order valence-electron chi connectivity index (χ4n) is 9.85. The summed E-state index contributed by atoms with van der Waals surface area (Å²) in [6.07, 6.45) is 41.8. The van der Waals surface area contributed by atoms with Crippen LogP contribution >= 0.6 is 15.6 Å². The Bertz CT molecular complexity index is 1670. The van der Waals surface area contributed by atoms with Crippen molar-refractivity contribution in [2.75, 3.05) is 39.6 Å². The number of aliphatic hydroxyl groups excluding tert-OH is 1. The Hall–Kier alpha value is -1.94. The minimum absolute atomic E-state index is 0.102. The third-order valence-corrected chi connectivity index (χ3v) is 17.5. The van der Waals surface area contributed by atoms with E-state index in [0.717, 1.165) is 102 Å². The number of hydrogen-bond acceptors (Lipinski definition) is 15. The number of carbonyl (C=O) groups is 4. The van der Waals surface area contributed by atoms with Gasteiger partial charge in [0.25, 0.3) is 0 Å². The normalized spacial score (nSPS) is 14.6. The SMILES string of the molecule is CCCCCCCCCCCCCCCC(=O)OC[C@H](COP(=O)(O)OC[C@@H](O)COP(=O)(O)OC[C@@H](COC(=O)CCCCCCCCC(C)C)OC(=O)CCCCCCCCC(C)CC)OC(=O)CCCCCCCCCCCCCCC. The molecule has 0 saturated carbocycles.